The summed E-state index contributed by atoms with van der Waals surface area (Å²) < 4.78 is 4.94. The van der Waals surface area contributed by atoms with Gasteiger partial charge in [-0.25, -0.2) is 4.79 Å². The van der Waals surface area contributed by atoms with Crippen molar-refractivity contribution in [3.05, 3.63) is 12.2 Å². The maximum Gasteiger partial charge on any atom is 0.333 e. The second-order valence-electron chi connectivity index (χ2n) is 3.21. The van der Waals surface area contributed by atoms with Gasteiger partial charge in [0.1, 0.15) is 0 Å². The van der Waals surface area contributed by atoms with Crippen LogP contribution in [0.25, 0.3) is 0 Å². The Labute approximate surface area is 79.9 Å². The van der Waals surface area contributed by atoms with Crippen LogP contribution in [0.2, 0.25) is 0 Å². The highest BCUT2D eigenvalue weighted by atomic mass is 16.5. The molecule has 2 N–H and O–H groups in total. The normalized spacial score (nSPS) is 12.2. The lowest BCUT2D eigenvalue weighted by molar-refractivity contribution is -0.139. The summed E-state index contributed by atoms with van der Waals surface area (Å²) in [6.07, 6.45) is 1.87. The van der Waals surface area contributed by atoms with Crippen molar-refractivity contribution in [2.75, 3.05) is 13.2 Å². The fraction of sp³-hybridized carbons (Fsp3) is 0.700. The van der Waals surface area contributed by atoms with Crippen LogP contribution in [-0.2, 0) is 9.53 Å². The van der Waals surface area contributed by atoms with Crippen LogP contribution in [0.3, 0.4) is 0 Å². The first-order chi connectivity index (χ1) is 6.11. The van der Waals surface area contributed by atoms with Gasteiger partial charge in [-0.2, -0.15) is 0 Å². The lowest BCUT2D eigenvalue weighted by Crippen LogP contribution is -2.17. The molecule has 0 radical (unpaired) electrons. The molecule has 0 aromatic heterocycles. The van der Waals surface area contributed by atoms with E-state index >= 15 is 0 Å². The van der Waals surface area contributed by atoms with E-state index < -0.39 is 0 Å². The molecule has 0 saturated heterocycles. The van der Waals surface area contributed by atoms with Crippen LogP contribution >= 0.6 is 0 Å². The SMILES string of the molecule is C=C(C)C(=O)OCC[C@@H](CC)CN. The van der Waals surface area contributed by atoms with E-state index in [1.54, 1.807) is 6.92 Å². The molecule has 0 rings (SSSR count). The molecule has 3 nitrogen and oxygen atoms in total. The summed E-state index contributed by atoms with van der Waals surface area (Å²) in [6, 6.07) is 0. The number of hydrogen-bond acceptors (Lipinski definition) is 3. The van der Waals surface area contributed by atoms with E-state index in [0.717, 1.165) is 12.8 Å². The quantitative estimate of drug-likeness (QED) is 0.503. The van der Waals surface area contributed by atoms with Crippen LogP contribution in [0.5, 0.6) is 0 Å². The molecule has 0 heterocycles. The molecule has 3 heteroatoms. The lowest BCUT2D eigenvalue weighted by atomic mass is 10.0. The molecule has 1 atom stereocenters. The van der Waals surface area contributed by atoms with Gasteiger partial charge < -0.3 is 10.5 Å². The second kappa shape index (κ2) is 6.66. The van der Waals surface area contributed by atoms with Gasteiger partial charge in [0.05, 0.1) is 6.61 Å². The van der Waals surface area contributed by atoms with E-state index in [9.17, 15) is 4.79 Å². The van der Waals surface area contributed by atoms with E-state index in [0.29, 0.717) is 24.6 Å². The summed E-state index contributed by atoms with van der Waals surface area (Å²) in [5.41, 5.74) is 5.95. The van der Waals surface area contributed by atoms with Crippen molar-refractivity contribution in [1.29, 1.82) is 0 Å². The number of ether oxygens (including phenoxy) is 1. The Kier molecular flexibility index (Phi) is 6.24. The van der Waals surface area contributed by atoms with Gasteiger partial charge in [-0.3, -0.25) is 0 Å². The van der Waals surface area contributed by atoms with Crippen molar-refractivity contribution in [2.24, 2.45) is 11.7 Å². The van der Waals surface area contributed by atoms with Crippen molar-refractivity contribution >= 4 is 5.97 Å². The molecular weight excluding hydrogens is 166 g/mol. The molecule has 0 aromatic rings. The molecule has 0 amide bonds. The zero-order valence-corrected chi connectivity index (χ0v) is 8.51. The molecule has 0 fully saturated rings. The summed E-state index contributed by atoms with van der Waals surface area (Å²) in [5.74, 6) is 0.143. The average molecular weight is 185 g/mol. The van der Waals surface area contributed by atoms with E-state index in [1.165, 1.54) is 0 Å². The predicted octanol–water partition coefficient (Wildman–Crippen LogP) is 1.48. The molecule has 0 aliphatic heterocycles. The number of rotatable bonds is 6. The number of hydrogen-bond donors (Lipinski definition) is 1. The molecule has 0 saturated carbocycles. The van der Waals surface area contributed by atoms with Gasteiger partial charge in [0.25, 0.3) is 0 Å². The Morgan fingerprint density at radius 1 is 1.62 bits per heavy atom. The third kappa shape index (κ3) is 5.42. The Bertz CT molecular complexity index is 174. The maximum absolute atomic E-state index is 10.9. The van der Waals surface area contributed by atoms with E-state index in [1.807, 2.05) is 0 Å². The third-order valence-electron chi connectivity index (χ3n) is 2.02. The molecule has 13 heavy (non-hydrogen) atoms. The Morgan fingerprint density at radius 2 is 2.23 bits per heavy atom. The highest BCUT2D eigenvalue weighted by Crippen LogP contribution is 2.06. The van der Waals surface area contributed by atoms with Crippen molar-refractivity contribution in [3.8, 4) is 0 Å². The molecular formula is C10H19NO2. The zero-order valence-electron chi connectivity index (χ0n) is 8.51. The van der Waals surface area contributed by atoms with Crippen molar-refractivity contribution < 1.29 is 9.53 Å². The van der Waals surface area contributed by atoms with E-state index in [4.69, 9.17) is 10.5 Å². The topological polar surface area (TPSA) is 52.3 Å². The molecule has 0 aliphatic rings. The highest BCUT2D eigenvalue weighted by Gasteiger charge is 2.06. The van der Waals surface area contributed by atoms with Crippen molar-refractivity contribution in [2.45, 2.75) is 26.7 Å². The Balaban J connectivity index is 3.54. The first kappa shape index (κ1) is 12.2. The molecule has 76 valence electrons. The van der Waals surface area contributed by atoms with Gasteiger partial charge in [0.2, 0.25) is 0 Å². The van der Waals surface area contributed by atoms with Gasteiger partial charge in [-0.15, -0.1) is 0 Å². The highest BCUT2D eigenvalue weighted by molar-refractivity contribution is 5.86. The van der Waals surface area contributed by atoms with Crippen LogP contribution in [0, 0.1) is 5.92 Å². The molecule has 0 aromatic carbocycles. The van der Waals surface area contributed by atoms with Gasteiger partial charge >= 0.3 is 5.97 Å². The van der Waals surface area contributed by atoms with Gasteiger partial charge in [-0.1, -0.05) is 19.9 Å². The fourth-order valence-electron chi connectivity index (χ4n) is 0.930. The van der Waals surface area contributed by atoms with Crippen LogP contribution in [-0.4, -0.2) is 19.1 Å². The van der Waals surface area contributed by atoms with Gasteiger partial charge in [0, 0.05) is 5.57 Å². The molecule has 0 spiro atoms. The third-order valence-corrected chi connectivity index (χ3v) is 2.02. The minimum atomic E-state index is -0.313. The van der Waals surface area contributed by atoms with Crippen LogP contribution in [0.1, 0.15) is 26.7 Å². The van der Waals surface area contributed by atoms with E-state index in [-0.39, 0.29) is 5.97 Å². The monoisotopic (exact) mass is 185 g/mol. The first-order valence-corrected chi connectivity index (χ1v) is 4.64. The minimum absolute atomic E-state index is 0.313. The van der Waals surface area contributed by atoms with Crippen molar-refractivity contribution in [3.63, 3.8) is 0 Å². The van der Waals surface area contributed by atoms with Crippen molar-refractivity contribution in [1.82, 2.24) is 0 Å². The number of esters is 1. The largest absolute Gasteiger partial charge is 0.462 e. The van der Waals surface area contributed by atoms with E-state index in [2.05, 4.69) is 13.5 Å². The predicted molar refractivity (Wildman–Crippen MR) is 53.2 cm³/mol. The second-order valence-corrected chi connectivity index (χ2v) is 3.21. The van der Waals surface area contributed by atoms with Crippen LogP contribution < -0.4 is 5.73 Å². The first-order valence-electron chi connectivity index (χ1n) is 4.64. The summed E-state index contributed by atoms with van der Waals surface area (Å²) in [5, 5.41) is 0. The molecule has 0 bridgehead atoms. The summed E-state index contributed by atoms with van der Waals surface area (Å²) in [4.78, 5) is 10.9. The lowest BCUT2D eigenvalue weighted by Gasteiger charge is -2.11. The standard InChI is InChI=1S/C10H19NO2/c1-4-9(7-11)5-6-13-10(12)8(2)3/h9H,2,4-7,11H2,1,3H3/t9-/m1/s1. The molecule has 0 unspecified atom stereocenters. The number of nitrogens with two attached hydrogens (primary N) is 1. The zero-order chi connectivity index (χ0) is 10.3. The van der Waals surface area contributed by atoms with Gasteiger partial charge in [-0.05, 0) is 25.8 Å². The maximum atomic E-state index is 10.9. The summed E-state index contributed by atoms with van der Waals surface area (Å²) in [6.45, 7) is 8.32. The smallest absolute Gasteiger partial charge is 0.333 e. The Hall–Kier alpha value is -0.830. The number of carbonyl (C=O) groups excluding carboxylic acids is 1. The minimum Gasteiger partial charge on any atom is -0.462 e. The Morgan fingerprint density at radius 3 is 2.62 bits per heavy atom. The summed E-state index contributed by atoms with van der Waals surface area (Å²) in [7, 11) is 0. The summed E-state index contributed by atoms with van der Waals surface area (Å²) >= 11 is 0. The van der Waals surface area contributed by atoms with Gasteiger partial charge in [0.15, 0.2) is 0 Å². The molecule has 0 aliphatic carbocycles. The van der Waals surface area contributed by atoms with Crippen LogP contribution in [0.15, 0.2) is 12.2 Å². The fourth-order valence-corrected chi connectivity index (χ4v) is 0.930. The average Bonchev–Trinajstić information content (AvgIpc) is 2.12. The number of carbonyl (C=O) groups is 1. The van der Waals surface area contributed by atoms with Crippen LogP contribution in [0.4, 0.5) is 0 Å².